The lowest BCUT2D eigenvalue weighted by Crippen LogP contribution is -2.40. The molecule has 0 unspecified atom stereocenters. The number of rotatable bonds is 4. The zero-order valence-electron chi connectivity index (χ0n) is 10.6. The summed E-state index contributed by atoms with van der Waals surface area (Å²) in [7, 11) is 0. The molecular formula is C14H18FNO2S. The molecule has 0 aromatic heterocycles. The lowest BCUT2D eigenvalue weighted by molar-refractivity contribution is -0.119. The molecule has 1 aliphatic carbocycles. The van der Waals surface area contributed by atoms with E-state index >= 15 is 0 Å². The number of hydrogen-bond acceptors (Lipinski definition) is 3. The molecular weight excluding hydrogens is 265 g/mol. The van der Waals surface area contributed by atoms with Gasteiger partial charge < -0.3 is 10.4 Å². The Bertz CT molecular complexity index is 424. The molecule has 1 fully saturated rings. The Balaban J connectivity index is 1.73. The van der Waals surface area contributed by atoms with Gasteiger partial charge in [-0.2, -0.15) is 0 Å². The van der Waals surface area contributed by atoms with Gasteiger partial charge in [-0.25, -0.2) is 4.39 Å². The van der Waals surface area contributed by atoms with E-state index < -0.39 is 0 Å². The maximum absolute atomic E-state index is 12.7. The second kappa shape index (κ2) is 6.91. The quantitative estimate of drug-likeness (QED) is 0.834. The molecule has 0 bridgehead atoms. The van der Waals surface area contributed by atoms with Gasteiger partial charge in [0.1, 0.15) is 5.82 Å². The Hall–Kier alpha value is -1.07. The molecule has 104 valence electrons. The summed E-state index contributed by atoms with van der Waals surface area (Å²) in [5.74, 6) is 0.0107. The number of carbonyl (C=O) groups is 1. The van der Waals surface area contributed by atoms with E-state index in [4.69, 9.17) is 0 Å². The van der Waals surface area contributed by atoms with Gasteiger partial charge in [0.2, 0.25) is 5.91 Å². The predicted molar refractivity (Wildman–Crippen MR) is 73.5 cm³/mol. The average molecular weight is 283 g/mol. The monoisotopic (exact) mass is 283 g/mol. The molecule has 1 aromatic rings. The van der Waals surface area contributed by atoms with Crippen molar-refractivity contribution >= 4 is 17.7 Å². The zero-order chi connectivity index (χ0) is 13.7. The molecule has 0 heterocycles. The van der Waals surface area contributed by atoms with Gasteiger partial charge in [-0.05, 0) is 49.9 Å². The lowest BCUT2D eigenvalue weighted by atomic mass is 9.93. The van der Waals surface area contributed by atoms with Gasteiger partial charge in [0.05, 0.1) is 11.9 Å². The Labute approximate surface area is 116 Å². The van der Waals surface area contributed by atoms with Crippen molar-refractivity contribution in [3.8, 4) is 0 Å². The summed E-state index contributed by atoms with van der Waals surface area (Å²) in [4.78, 5) is 12.6. The van der Waals surface area contributed by atoms with Crippen LogP contribution in [0, 0.1) is 5.82 Å². The number of nitrogens with one attached hydrogen (secondary N) is 1. The second-order valence-electron chi connectivity index (χ2n) is 4.83. The number of hydrogen-bond donors (Lipinski definition) is 2. The highest BCUT2D eigenvalue weighted by Gasteiger charge is 2.21. The summed E-state index contributed by atoms with van der Waals surface area (Å²) in [5, 5.41) is 12.5. The van der Waals surface area contributed by atoms with Crippen molar-refractivity contribution in [2.24, 2.45) is 0 Å². The molecule has 0 saturated heterocycles. The molecule has 0 radical (unpaired) electrons. The Morgan fingerprint density at radius 1 is 1.37 bits per heavy atom. The topological polar surface area (TPSA) is 49.3 Å². The van der Waals surface area contributed by atoms with E-state index in [1.807, 2.05) is 0 Å². The molecule has 0 spiro atoms. The number of aliphatic hydroxyl groups is 1. The Morgan fingerprint density at radius 3 is 2.79 bits per heavy atom. The van der Waals surface area contributed by atoms with Gasteiger partial charge >= 0.3 is 0 Å². The number of halogens is 1. The van der Waals surface area contributed by atoms with Crippen molar-refractivity contribution in [1.82, 2.24) is 5.32 Å². The fourth-order valence-corrected chi connectivity index (χ4v) is 2.95. The van der Waals surface area contributed by atoms with Gasteiger partial charge in [0.25, 0.3) is 0 Å². The molecule has 1 aliphatic rings. The lowest BCUT2D eigenvalue weighted by Gasteiger charge is -2.26. The summed E-state index contributed by atoms with van der Waals surface area (Å²) >= 11 is 1.39. The standard InChI is InChI=1S/C14H18FNO2S/c15-10-4-6-13(7-5-10)19-9-14(18)16-11-2-1-3-12(17)8-11/h4-7,11-12,17H,1-3,8-9H2,(H,16,18)/t11-,12+/m0/s1. The molecule has 19 heavy (non-hydrogen) atoms. The highest BCUT2D eigenvalue weighted by Crippen LogP contribution is 2.20. The number of benzene rings is 1. The number of carbonyl (C=O) groups excluding carboxylic acids is 1. The maximum Gasteiger partial charge on any atom is 0.230 e. The van der Waals surface area contributed by atoms with E-state index in [1.165, 1.54) is 23.9 Å². The van der Waals surface area contributed by atoms with Gasteiger partial charge in [-0.1, -0.05) is 0 Å². The third kappa shape index (κ3) is 4.84. The van der Waals surface area contributed by atoms with Crippen LogP contribution >= 0.6 is 11.8 Å². The van der Waals surface area contributed by atoms with Crippen LogP contribution in [0.2, 0.25) is 0 Å². The number of amides is 1. The van der Waals surface area contributed by atoms with Crippen LogP contribution in [0.15, 0.2) is 29.2 Å². The number of aliphatic hydroxyl groups excluding tert-OH is 1. The molecule has 2 N–H and O–H groups in total. The van der Waals surface area contributed by atoms with Crippen LogP contribution in [0.4, 0.5) is 4.39 Å². The fraction of sp³-hybridized carbons (Fsp3) is 0.500. The molecule has 3 nitrogen and oxygen atoms in total. The van der Waals surface area contributed by atoms with Crippen molar-refractivity contribution in [3.63, 3.8) is 0 Å². The minimum atomic E-state index is -0.288. The molecule has 1 saturated carbocycles. The molecule has 1 amide bonds. The van der Waals surface area contributed by atoms with Crippen LogP contribution in [0.3, 0.4) is 0 Å². The minimum Gasteiger partial charge on any atom is -0.393 e. The van der Waals surface area contributed by atoms with E-state index in [0.29, 0.717) is 12.2 Å². The first-order valence-electron chi connectivity index (χ1n) is 6.49. The summed E-state index contributed by atoms with van der Waals surface area (Å²) in [6.07, 6.45) is 3.08. The van der Waals surface area contributed by atoms with Crippen molar-refractivity contribution in [2.75, 3.05) is 5.75 Å². The first-order chi connectivity index (χ1) is 9.13. The normalized spacial score (nSPS) is 23.1. The first-order valence-corrected chi connectivity index (χ1v) is 7.48. The van der Waals surface area contributed by atoms with Gasteiger partial charge in [-0.15, -0.1) is 11.8 Å². The summed E-state index contributed by atoms with van der Waals surface area (Å²) in [5.41, 5.74) is 0. The fourth-order valence-electron chi connectivity index (χ4n) is 2.24. The van der Waals surface area contributed by atoms with E-state index in [0.717, 1.165) is 24.2 Å². The highest BCUT2D eigenvalue weighted by molar-refractivity contribution is 8.00. The minimum absolute atomic E-state index is 0.0339. The predicted octanol–water partition coefficient (Wildman–Crippen LogP) is 2.34. The van der Waals surface area contributed by atoms with Crippen LogP contribution in [-0.4, -0.2) is 28.9 Å². The smallest absolute Gasteiger partial charge is 0.230 e. The van der Waals surface area contributed by atoms with Crippen LogP contribution in [-0.2, 0) is 4.79 Å². The molecule has 5 heteroatoms. The van der Waals surface area contributed by atoms with E-state index in [1.54, 1.807) is 12.1 Å². The summed E-state index contributed by atoms with van der Waals surface area (Å²) < 4.78 is 12.7. The summed E-state index contributed by atoms with van der Waals surface area (Å²) in [6.45, 7) is 0. The van der Waals surface area contributed by atoms with E-state index in [2.05, 4.69) is 5.32 Å². The van der Waals surface area contributed by atoms with Gasteiger partial charge in [0.15, 0.2) is 0 Å². The van der Waals surface area contributed by atoms with Crippen LogP contribution < -0.4 is 5.32 Å². The van der Waals surface area contributed by atoms with Crippen molar-refractivity contribution in [1.29, 1.82) is 0 Å². The van der Waals surface area contributed by atoms with Crippen LogP contribution in [0.25, 0.3) is 0 Å². The first kappa shape index (κ1) is 14.3. The van der Waals surface area contributed by atoms with E-state index in [9.17, 15) is 14.3 Å². The van der Waals surface area contributed by atoms with Gasteiger partial charge in [-0.3, -0.25) is 4.79 Å². The Kier molecular flexibility index (Phi) is 5.22. The van der Waals surface area contributed by atoms with Crippen molar-refractivity contribution in [3.05, 3.63) is 30.1 Å². The molecule has 1 aromatic carbocycles. The van der Waals surface area contributed by atoms with Gasteiger partial charge in [0, 0.05) is 10.9 Å². The molecule has 2 atom stereocenters. The third-order valence-electron chi connectivity index (χ3n) is 3.20. The SMILES string of the molecule is O=C(CSc1ccc(F)cc1)N[C@H]1CCC[C@@H](O)C1. The van der Waals surface area contributed by atoms with Crippen molar-refractivity contribution in [2.45, 2.75) is 42.7 Å². The second-order valence-corrected chi connectivity index (χ2v) is 5.88. The zero-order valence-corrected chi connectivity index (χ0v) is 11.5. The Morgan fingerprint density at radius 2 is 2.11 bits per heavy atom. The highest BCUT2D eigenvalue weighted by atomic mass is 32.2. The summed E-state index contributed by atoms with van der Waals surface area (Å²) in [6, 6.07) is 6.19. The number of thioether (sulfide) groups is 1. The third-order valence-corrected chi connectivity index (χ3v) is 4.21. The average Bonchev–Trinajstić information content (AvgIpc) is 2.38. The maximum atomic E-state index is 12.7. The molecule has 2 rings (SSSR count). The molecule has 0 aliphatic heterocycles. The van der Waals surface area contributed by atoms with E-state index in [-0.39, 0.29) is 23.9 Å². The largest absolute Gasteiger partial charge is 0.393 e. The van der Waals surface area contributed by atoms with Crippen molar-refractivity contribution < 1.29 is 14.3 Å². The van der Waals surface area contributed by atoms with Crippen LogP contribution in [0.5, 0.6) is 0 Å². The van der Waals surface area contributed by atoms with Crippen LogP contribution in [0.1, 0.15) is 25.7 Å².